The number of piperidine rings is 1. The first-order chi connectivity index (χ1) is 17.0. The molecule has 0 spiro atoms. The predicted octanol–water partition coefficient (Wildman–Crippen LogP) is 3.79. The van der Waals surface area contributed by atoms with Crippen LogP contribution in [0.25, 0.3) is 16.6 Å². The third-order valence-electron chi connectivity index (χ3n) is 6.96. The van der Waals surface area contributed by atoms with Crippen molar-refractivity contribution in [2.75, 3.05) is 25.6 Å². The largest absolute Gasteiger partial charge is 0.488 e. The van der Waals surface area contributed by atoms with Gasteiger partial charge in [-0.25, -0.2) is 14.5 Å². The van der Waals surface area contributed by atoms with Gasteiger partial charge in [0.2, 0.25) is 0 Å². The Hall–Kier alpha value is -3.56. The molecule has 2 bridgehead atoms. The molecule has 0 aromatic carbocycles. The number of rotatable bonds is 5. The minimum absolute atomic E-state index is 0.135. The zero-order valence-electron chi connectivity index (χ0n) is 20.2. The van der Waals surface area contributed by atoms with E-state index in [-0.39, 0.29) is 6.10 Å². The van der Waals surface area contributed by atoms with Gasteiger partial charge in [-0.15, -0.1) is 0 Å². The van der Waals surface area contributed by atoms with Crippen LogP contribution in [0.4, 0.5) is 11.6 Å². The lowest BCUT2D eigenvalue weighted by Crippen LogP contribution is -2.57. The Bertz CT molecular complexity index is 1360. The van der Waals surface area contributed by atoms with E-state index in [0.717, 1.165) is 54.1 Å². The summed E-state index contributed by atoms with van der Waals surface area (Å²) < 4.78 is 14.3. The van der Waals surface area contributed by atoms with Crippen LogP contribution in [0.15, 0.2) is 48.9 Å². The molecule has 180 valence electrons. The topological polar surface area (TPSA) is 89.7 Å². The highest BCUT2D eigenvalue weighted by Crippen LogP contribution is 2.37. The number of hydrogen-bond acceptors (Lipinski definition) is 8. The first kappa shape index (κ1) is 21.9. The van der Waals surface area contributed by atoms with Crippen molar-refractivity contribution in [2.24, 2.45) is 0 Å². The number of nitrogens with one attached hydrogen (secondary N) is 1. The molecule has 2 atom stereocenters. The van der Waals surface area contributed by atoms with Crippen molar-refractivity contribution >= 4 is 17.2 Å². The van der Waals surface area contributed by atoms with E-state index >= 15 is 0 Å². The van der Waals surface area contributed by atoms with E-state index in [2.05, 4.69) is 44.3 Å². The minimum atomic E-state index is 0.135. The van der Waals surface area contributed by atoms with E-state index < -0.39 is 0 Å². The lowest BCUT2D eigenvalue weighted by molar-refractivity contribution is -0.0879. The van der Waals surface area contributed by atoms with Gasteiger partial charge in [-0.1, -0.05) is 6.07 Å². The predicted molar refractivity (Wildman–Crippen MR) is 133 cm³/mol. The third kappa shape index (κ3) is 4.33. The molecule has 9 heteroatoms. The summed E-state index contributed by atoms with van der Waals surface area (Å²) in [7, 11) is 2.20. The lowest BCUT2D eigenvalue weighted by atomic mass is 9.92. The third-order valence-corrected chi connectivity index (χ3v) is 6.96. The molecule has 2 unspecified atom stereocenters. The fourth-order valence-electron chi connectivity index (χ4n) is 5.13. The summed E-state index contributed by atoms with van der Waals surface area (Å²) in [6.45, 7) is 5.40. The summed E-state index contributed by atoms with van der Waals surface area (Å²) >= 11 is 0. The summed E-state index contributed by atoms with van der Waals surface area (Å²) in [5, 5.41) is 8.00. The molecule has 35 heavy (non-hydrogen) atoms. The molecule has 9 nitrogen and oxygen atoms in total. The summed E-state index contributed by atoms with van der Waals surface area (Å²) in [6, 6.07) is 10.9. The van der Waals surface area contributed by atoms with E-state index in [0.29, 0.717) is 29.5 Å². The molecular formula is C26H29N7O2. The number of ether oxygens (including phenoxy) is 2. The molecule has 0 aliphatic carbocycles. The van der Waals surface area contributed by atoms with Crippen molar-refractivity contribution in [3.05, 3.63) is 60.4 Å². The molecule has 0 amide bonds. The zero-order valence-corrected chi connectivity index (χ0v) is 20.2. The second-order valence-corrected chi connectivity index (χ2v) is 9.44. The van der Waals surface area contributed by atoms with Crippen LogP contribution < -0.4 is 10.1 Å². The van der Waals surface area contributed by atoms with E-state index in [9.17, 15) is 0 Å². The average molecular weight is 472 g/mol. The van der Waals surface area contributed by atoms with Crippen LogP contribution >= 0.6 is 0 Å². The van der Waals surface area contributed by atoms with Gasteiger partial charge in [0.15, 0.2) is 5.82 Å². The molecule has 0 saturated carbocycles. The molecule has 4 aromatic heterocycles. The number of nitrogens with zero attached hydrogens (tertiary/aromatic N) is 6. The number of aryl methyl sites for hydroxylation is 2. The molecule has 2 saturated heterocycles. The highest BCUT2D eigenvalue weighted by molar-refractivity contribution is 5.85. The zero-order chi connectivity index (χ0) is 23.9. The van der Waals surface area contributed by atoms with E-state index in [1.165, 1.54) is 0 Å². The Morgan fingerprint density at radius 2 is 1.86 bits per heavy atom. The van der Waals surface area contributed by atoms with Crippen LogP contribution in [-0.4, -0.2) is 67.9 Å². The molecule has 6 heterocycles. The van der Waals surface area contributed by atoms with Gasteiger partial charge in [-0.05, 0) is 39.1 Å². The number of pyridine rings is 2. The van der Waals surface area contributed by atoms with Crippen molar-refractivity contribution in [3.63, 3.8) is 0 Å². The fraction of sp³-hybridized carbons (Fsp3) is 0.385. The molecule has 2 fully saturated rings. The van der Waals surface area contributed by atoms with Crippen molar-refractivity contribution in [1.29, 1.82) is 0 Å². The van der Waals surface area contributed by atoms with Gasteiger partial charge >= 0.3 is 0 Å². The van der Waals surface area contributed by atoms with Crippen molar-refractivity contribution in [1.82, 2.24) is 29.5 Å². The monoisotopic (exact) mass is 471 g/mol. The SMILES string of the molecule is Cc1cc(-c2cccn3nc(Nc4ccnc(C)n4)cc23)c(OC2CC3COCC(C2)N3C)cn1. The number of anilines is 2. The molecule has 1 N–H and O–H groups in total. The normalized spacial score (nSPS) is 22.3. The highest BCUT2D eigenvalue weighted by atomic mass is 16.5. The first-order valence-electron chi connectivity index (χ1n) is 12.0. The summed E-state index contributed by atoms with van der Waals surface area (Å²) in [5.74, 6) is 2.94. The number of aromatic nitrogens is 5. The van der Waals surface area contributed by atoms with Crippen molar-refractivity contribution in [3.8, 4) is 16.9 Å². The Morgan fingerprint density at radius 3 is 2.66 bits per heavy atom. The first-order valence-corrected chi connectivity index (χ1v) is 12.0. The van der Waals surface area contributed by atoms with Crippen LogP contribution in [0, 0.1) is 13.8 Å². The maximum atomic E-state index is 6.64. The summed E-state index contributed by atoms with van der Waals surface area (Å²) in [5.41, 5.74) is 3.99. The number of hydrogen-bond donors (Lipinski definition) is 1. The van der Waals surface area contributed by atoms with Crippen LogP contribution in [0.3, 0.4) is 0 Å². The van der Waals surface area contributed by atoms with Gasteiger partial charge in [0.1, 0.15) is 23.5 Å². The standard InChI is InChI=1S/C26H29N7O2/c1-16-9-22(24(13-28-16)35-20-10-18-14-34-15-19(11-20)32(18)3)21-5-4-8-33-23(21)12-26(31-33)30-25-6-7-27-17(2)29-25/h4-9,12-13,18-20H,10-11,14-15H2,1-3H3,(H,27,29,30,31). The average Bonchev–Trinajstić information content (AvgIpc) is 3.23. The maximum Gasteiger partial charge on any atom is 0.154 e. The Morgan fingerprint density at radius 1 is 1.03 bits per heavy atom. The number of morpholine rings is 1. The molecule has 2 aliphatic rings. The van der Waals surface area contributed by atoms with Crippen LogP contribution in [0.2, 0.25) is 0 Å². The molecule has 4 aromatic rings. The molecule has 2 aliphatic heterocycles. The Kier molecular flexibility index (Phi) is 5.58. The van der Waals surface area contributed by atoms with Crippen LogP contribution in [0.1, 0.15) is 24.4 Å². The second kappa shape index (κ2) is 8.90. The maximum absolute atomic E-state index is 6.64. The molecular weight excluding hydrogens is 442 g/mol. The second-order valence-electron chi connectivity index (χ2n) is 9.44. The number of fused-ring (bicyclic) bond motifs is 3. The van der Waals surface area contributed by atoms with E-state index in [1.807, 2.05) is 49.0 Å². The van der Waals surface area contributed by atoms with Gasteiger partial charge in [0, 0.05) is 60.2 Å². The van der Waals surface area contributed by atoms with Gasteiger partial charge in [-0.3, -0.25) is 9.88 Å². The van der Waals surface area contributed by atoms with Crippen LogP contribution in [0.5, 0.6) is 5.75 Å². The van der Waals surface area contributed by atoms with E-state index in [4.69, 9.17) is 14.6 Å². The van der Waals surface area contributed by atoms with Gasteiger partial charge in [0.05, 0.1) is 24.9 Å². The lowest BCUT2D eigenvalue weighted by Gasteiger charge is -2.46. The van der Waals surface area contributed by atoms with Crippen LogP contribution in [-0.2, 0) is 4.74 Å². The summed E-state index contributed by atoms with van der Waals surface area (Å²) in [6.07, 6.45) is 7.57. The Labute approximate surface area is 204 Å². The smallest absolute Gasteiger partial charge is 0.154 e. The van der Waals surface area contributed by atoms with Crippen molar-refractivity contribution < 1.29 is 9.47 Å². The van der Waals surface area contributed by atoms with Gasteiger partial charge < -0.3 is 14.8 Å². The molecule has 0 radical (unpaired) electrons. The quantitative estimate of drug-likeness (QED) is 0.470. The summed E-state index contributed by atoms with van der Waals surface area (Å²) in [4.78, 5) is 15.6. The van der Waals surface area contributed by atoms with E-state index in [1.54, 1.807) is 6.20 Å². The molecule has 6 rings (SSSR count). The van der Waals surface area contributed by atoms with Gasteiger partial charge in [0.25, 0.3) is 0 Å². The number of likely N-dealkylation sites (N-methyl/N-ethyl adjacent to an activating group) is 1. The minimum Gasteiger partial charge on any atom is -0.488 e. The fourth-order valence-corrected chi connectivity index (χ4v) is 5.13. The van der Waals surface area contributed by atoms with Crippen molar-refractivity contribution in [2.45, 2.75) is 44.9 Å². The highest BCUT2D eigenvalue weighted by Gasteiger charge is 2.38. The van der Waals surface area contributed by atoms with Gasteiger partial charge in [-0.2, -0.15) is 5.10 Å². The Balaban J connectivity index is 1.33.